The van der Waals surface area contributed by atoms with Gasteiger partial charge in [0.2, 0.25) is 0 Å². The summed E-state index contributed by atoms with van der Waals surface area (Å²) in [7, 11) is 2.85. The third-order valence-electron chi connectivity index (χ3n) is 9.85. The van der Waals surface area contributed by atoms with Gasteiger partial charge in [0, 0.05) is 38.3 Å². The minimum atomic E-state index is -1.22. The van der Waals surface area contributed by atoms with E-state index in [1.54, 1.807) is 53.4 Å². The molecule has 2 aromatic carbocycles. The summed E-state index contributed by atoms with van der Waals surface area (Å²) in [6, 6.07) is 2.21. The van der Waals surface area contributed by atoms with Crippen LogP contribution in [0.5, 0.6) is 11.5 Å². The maximum absolute atomic E-state index is 15.2. The molecule has 332 valence electrons. The summed E-state index contributed by atoms with van der Waals surface area (Å²) in [4.78, 5) is 51.8. The van der Waals surface area contributed by atoms with Crippen molar-refractivity contribution in [3.05, 3.63) is 34.9 Å². The first-order chi connectivity index (χ1) is 28.2. The van der Waals surface area contributed by atoms with Crippen molar-refractivity contribution in [3.63, 3.8) is 0 Å². The molecule has 2 saturated carbocycles. The number of alkyl carbamates (subject to hydrolysis) is 2. The zero-order valence-electron chi connectivity index (χ0n) is 36.0. The highest BCUT2D eigenvalue weighted by Gasteiger charge is 2.36. The third-order valence-corrected chi connectivity index (χ3v) is 9.85. The molecule has 2 aromatic rings. The molecule has 2 aliphatic heterocycles. The number of benzene rings is 2. The molecule has 0 radical (unpaired) electrons. The monoisotopic (exact) mass is 846 g/mol. The molecule has 6 rings (SSSR count). The standard InChI is InChI=1S/C22H32FN3O5.C20H28FN3O5/c1-6-30-20(27)15-11-16(23)18(19(29-5)17(15)24-13-7-8-13)26-10-9-14(12-26)25-21(28)31-22(2,3)4;1-20(2,3)29-19(27)23-12-7-8-24(10-12)16-14(21)9-13(18(25)26)15(17(16)28-4)22-11-5-6-11/h11,13-14,24H,6-10,12H2,1-5H3,(H,25,28);9,11-12,22H,5-8,10H2,1-4H3,(H,23,27)(H,25,26). The number of ether oxygens (including phenoxy) is 5. The van der Waals surface area contributed by atoms with E-state index in [9.17, 15) is 28.7 Å². The van der Waals surface area contributed by atoms with E-state index in [0.717, 1.165) is 31.7 Å². The van der Waals surface area contributed by atoms with E-state index in [2.05, 4.69) is 21.3 Å². The molecular weight excluding hydrogens is 786 g/mol. The number of methoxy groups -OCH3 is 2. The molecule has 0 bridgehead atoms. The van der Waals surface area contributed by atoms with Gasteiger partial charge in [-0.15, -0.1) is 0 Å². The summed E-state index contributed by atoms with van der Waals surface area (Å²) >= 11 is 0. The van der Waals surface area contributed by atoms with Crippen LogP contribution in [-0.2, 0) is 14.2 Å². The quantitative estimate of drug-likeness (QED) is 0.103. The number of hydrogen-bond donors (Lipinski definition) is 5. The second-order valence-corrected chi connectivity index (χ2v) is 17.3. The second-order valence-electron chi connectivity index (χ2n) is 17.3. The minimum Gasteiger partial charge on any atom is -0.492 e. The fourth-order valence-corrected chi connectivity index (χ4v) is 7.02. The Morgan fingerprint density at radius 2 is 1.08 bits per heavy atom. The maximum atomic E-state index is 15.2. The number of hydrogen-bond acceptors (Lipinski definition) is 13. The van der Waals surface area contributed by atoms with Gasteiger partial charge in [0.05, 0.1) is 55.4 Å². The molecule has 2 heterocycles. The fourth-order valence-electron chi connectivity index (χ4n) is 7.02. The van der Waals surface area contributed by atoms with Gasteiger partial charge in [0.25, 0.3) is 0 Å². The van der Waals surface area contributed by atoms with Crippen molar-refractivity contribution in [1.82, 2.24) is 10.6 Å². The van der Waals surface area contributed by atoms with Crippen LogP contribution in [0.2, 0.25) is 0 Å². The van der Waals surface area contributed by atoms with E-state index in [-0.39, 0.29) is 64.8 Å². The van der Waals surface area contributed by atoms with E-state index in [1.807, 2.05) is 4.90 Å². The normalized spacial score (nSPS) is 18.8. The number of carboxylic acids is 1. The van der Waals surface area contributed by atoms with Gasteiger partial charge in [-0.1, -0.05) is 0 Å². The Morgan fingerprint density at radius 3 is 1.43 bits per heavy atom. The number of rotatable bonds is 13. The summed E-state index contributed by atoms with van der Waals surface area (Å²) in [6.07, 6.45) is 4.03. The molecule has 18 heteroatoms. The number of esters is 1. The Labute approximate surface area is 349 Å². The van der Waals surface area contributed by atoms with Crippen LogP contribution in [0.3, 0.4) is 0 Å². The number of aromatic carboxylic acids is 1. The van der Waals surface area contributed by atoms with Crippen LogP contribution in [0.25, 0.3) is 0 Å². The number of nitrogens with zero attached hydrogens (tertiary/aromatic N) is 2. The zero-order valence-corrected chi connectivity index (χ0v) is 36.0. The first-order valence-corrected chi connectivity index (χ1v) is 20.4. The molecule has 4 aliphatic rings. The molecule has 4 fully saturated rings. The van der Waals surface area contributed by atoms with Crippen molar-refractivity contribution < 1.29 is 56.7 Å². The zero-order chi connectivity index (χ0) is 44.1. The van der Waals surface area contributed by atoms with Gasteiger partial charge in [0.15, 0.2) is 23.1 Å². The van der Waals surface area contributed by atoms with E-state index < -0.39 is 47.0 Å². The molecule has 2 amide bonds. The molecule has 2 saturated heterocycles. The van der Waals surface area contributed by atoms with E-state index in [0.29, 0.717) is 50.4 Å². The lowest BCUT2D eigenvalue weighted by Gasteiger charge is -2.26. The number of carboxylic acid groups (broad SMARTS) is 1. The molecule has 60 heavy (non-hydrogen) atoms. The smallest absolute Gasteiger partial charge is 0.407 e. The average molecular weight is 847 g/mol. The summed E-state index contributed by atoms with van der Waals surface area (Å²) in [5.74, 6) is -2.61. The molecule has 0 spiro atoms. The van der Waals surface area contributed by atoms with Gasteiger partial charge in [-0.3, -0.25) is 0 Å². The summed E-state index contributed by atoms with van der Waals surface area (Å²) in [5, 5.41) is 21.6. The number of nitrogens with one attached hydrogen (secondary N) is 4. The van der Waals surface area contributed by atoms with Crippen molar-refractivity contribution in [2.24, 2.45) is 0 Å². The lowest BCUT2D eigenvalue weighted by molar-refractivity contribution is 0.0497. The first-order valence-electron chi connectivity index (χ1n) is 20.4. The van der Waals surface area contributed by atoms with Crippen LogP contribution in [-0.4, -0.2) is 112 Å². The van der Waals surface area contributed by atoms with Crippen LogP contribution >= 0.6 is 0 Å². The Balaban J connectivity index is 0.000000228. The molecule has 5 N–H and O–H groups in total. The molecular formula is C42H60F2N6O10. The molecule has 16 nitrogen and oxygen atoms in total. The fraction of sp³-hybridized carbons (Fsp3) is 0.619. The van der Waals surface area contributed by atoms with Gasteiger partial charge in [-0.25, -0.2) is 28.0 Å². The van der Waals surface area contributed by atoms with E-state index >= 15 is 4.39 Å². The maximum Gasteiger partial charge on any atom is 0.407 e. The average Bonchev–Trinajstić information content (AvgIpc) is 4.05. The van der Waals surface area contributed by atoms with Crippen molar-refractivity contribution in [2.75, 3.05) is 67.4 Å². The number of anilines is 4. The Kier molecular flexibility index (Phi) is 14.4. The van der Waals surface area contributed by atoms with Crippen molar-refractivity contribution >= 4 is 46.9 Å². The topological polar surface area (TPSA) is 189 Å². The number of carbonyl (C=O) groups excluding carboxylic acids is 3. The van der Waals surface area contributed by atoms with Gasteiger partial charge in [0.1, 0.15) is 22.6 Å². The van der Waals surface area contributed by atoms with Gasteiger partial charge in [-0.2, -0.15) is 0 Å². The van der Waals surface area contributed by atoms with Gasteiger partial charge >= 0.3 is 24.1 Å². The lowest BCUT2D eigenvalue weighted by atomic mass is 10.1. The lowest BCUT2D eigenvalue weighted by Crippen LogP contribution is -2.40. The van der Waals surface area contributed by atoms with Crippen molar-refractivity contribution in [2.45, 2.75) is 122 Å². The SMILES string of the molecule is CCOC(=O)c1cc(F)c(N2CCC(NC(=O)OC(C)(C)C)C2)c(OC)c1NC1CC1.COc1c(NC2CC2)c(C(=O)O)cc(F)c1N1CCC(NC(=O)OC(C)(C)C)C1. The van der Waals surface area contributed by atoms with Gasteiger partial charge < -0.3 is 59.9 Å². The molecule has 2 unspecified atom stereocenters. The minimum absolute atomic E-state index is 0.120. The van der Waals surface area contributed by atoms with Gasteiger partial charge in [-0.05, 0) is 99.1 Å². The first kappa shape index (κ1) is 45.7. The Morgan fingerprint density at radius 1 is 0.683 bits per heavy atom. The highest BCUT2D eigenvalue weighted by molar-refractivity contribution is 6.00. The highest BCUT2D eigenvalue weighted by Crippen LogP contribution is 2.45. The van der Waals surface area contributed by atoms with Crippen LogP contribution < -0.4 is 40.5 Å². The third kappa shape index (κ3) is 12.1. The van der Waals surface area contributed by atoms with Crippen LogP contribution in [0.15, 0.2) is 12.1 Å². The number of halogens is 2. The van der Waals surface area contributed by atoms with E-state index in [1.165, 1.54) is 20.3 Å². The summed E-state index contributed by atoms with van der Waals surface area (Å²) in [5.41, 5.74) is -0.0168. The second kappa shape index (κ2) is 18.9. The highest BCUT2D eigenvalue weighted by atomic mass is 19.1. The molecule has 2 aliphatic carbocycles. The van der Waals surface area contributed by atoms with Crippen LogP contribution in [0.1, 0.15) is 108 Å². The predicted octanol–water partition coefficient (Wildman–Crippen LogP) is 6.90. The summed E-state index contributed by atoms with van der Waals surface area (Å²) < 4.78 is 56.9. The Hall–Kier alpha value is -5.42. The molecule has 2 atom stereocenters. The van der Waals surface area contributed by atoms with Crippen LogP contribution in [0, 0.1) is 11.6 Å². The summed E-state index contributed by atoms with van der Waals surface area (Å²) in [6.45, 7) is 14.4. The molecule has 0 aromatic heterocycles. The predicted molar refractivity (Wildman–Crippen MR) is 222 cm³/mol. The van der Waals surface area contributed by atoms with Crippen LogP contribution in [0.4, 0.5) is 41.1 Å². The van der Waals surface area contributed by atoms with Crippen molar-refractivity contribution in [3.8, 4) is 11.5 Å². The largest absolute Gasteiger partial charge is 0.492 e. The number of amides is 2. The number of carbonyl (C=O) groups is 4. The van der Waals surface area contributed by atoms with Crippen molar-refractivity contribution in [1.29, 1.82) is 0 Å². The Bertz CT molecular complexity index is 1910. The van der Waals surface area contributed by atoms with E-state index in [4.69, 9.17) is 23.7 Å².